The van der Waals surface area contributed by atoms with E-state index in [-0.39, 0.29) is 24.3 Å². The number of hydrogen-bond acceptors (Lipinski definition) is 5. The summed E-state index contributed by atoms with van der Waals surface area (Å²) in [6.07, 6.45) is 0.643. The van der Waals surface area contributed by atoms with E-state index >= 15 is 0 Å². The molecule has 0 saturated carbocycles. The molecule has 192 valence electrons. The number of nitrogens with zero attached hydrogens (tertiary/aromatic N) is 4. The third kappa shape index (κ3) is 5.37. The first-order valence-corrected chi connectivity index (χ1v) is 12.8. The van der Waals surface area contributed by atoms with Crippen LogP contribution in [0.25, 0.3) is 0 Å². The van der Waals surface area contributed by atoms with Crippen LogP contribution >= 0.6 is 0 Å². The smallest absolute Gasteiger partial charge is 0.257 e. The van der Waals surface area contributed by atoms with E-state index in [0.29, 0.717) is 38.3 Å². The monoisotopic (exact) mass is 500 g/mol. The Morgan fingerprint density at radius 3 is 2.54 bits per heavy atom. The van der Waals surface area contributed by atoms with Crippen LogP contribution in [0.2, 0.25) is 0 Å². The minimum absolute atomic E-state index is 0.0249. The van der Waals surface area contributed by atoms with Gasteiger partial charge in [-0.3, -0.25) is 9.69 Å². The van der Waals surface area contributed by atoms with Crippen LogP contribution in [0.15, 0.2) is 71.8 Å². The lowest BCUT2D eigenvalue weighted by Gasteiger charge is -2.36. The first kappa shape index (κ1) is 25.0. The van der Waals surface area contributed by atoms with Gasteiger partial charge in [0, 0.05) is 38.2 Å². The predicted octanol–water partition coefficient (Wildman–Crippen LogP) is 4.95. The van der Waals surface area contributed by atoms with Crippen molar-refractivity contribution >= 4 is 17.3 Å². The minimum atomic E-state index is -0.208. The molecule has 0 spiro atoms. The van der Waals surface area contributed by atoms with Crippen LogP contribution in [-0.2, 0) is 4.79 Å². The predicted molar refractivity (Wildman–Crippen MR) is 145 cm³/mol. The summed E-state index contributed by atoms with van der Waals surface area (Å²) in [5.74, 6) is 0.531. The molecule has 0 radical (unpaired) electrons. The van der Waals surface area contributed by atoms with Crippen LogP contribution in [0, 0.1) is 19.7 Å². The van der Waals surface area contributed by atoms with Crippen molar-refractivity contribution in [3.8, 4) is 5.75 Å². The van der Waals surface area contributed by atoms with Gasteiger partial charge in [0.05, 0.1) is 31.1 Å². The van der Waals surface area contributed by atoms with Gasteiger partial charge < -0.3 is 9.64 Å². The second kappa shape index (κ2) is 10.7. The molecule has 0 bridgehead atoms. The zero-order chi connectivity index (χ0) is 25.9. The van der Waals surface area contributed by atoms with Gasteiger partial charge in [0.2, 0.25) is 0 Å². The van der Waals surface area contributed by atoms with Gasteiger partial charge in [0.15, 0.2) is 0 Å². The Kier molecular flexibility index (Phi) is 7.24. The average Bonchev–Trinajstić information content (AvgIpc) is 3.36. The number of amides is 1. The van der Waals surface area contributed by atoms with Crippen molar-refractivity contribution < 1.29 is 13.9 Å². The molecular formula is C30H33FN4O2. The standard InChI is InChI=1S/C30H33FN4O2/c1-21-11-12-22(2)25(17-21)29-19-27(23-7-6-8-24(18-23)37-3)32-35(29)30(36)20-33-13-15-34(16-14-33)28-10-5-4-9-26(28)31/h4-12,17-18,29H,13-16,19-20H2,1-3H3/t29-/m0/s1. The minimum Gasteiger partial charge on any atom is -0.497 e. The number of hydrogen-bond donors (Lipinski definition) is 0. The molecule has 0 N–H and O–H groups in total. The molecule has 2 heterocycles. The third-order valence-electron chi connectivity index (χ3n) is 7.29. The summed E-state index contributed by atoms with van der Waals surface area (Å²) in [6.45, 7) is 7.16. The van der Waals surface area contributed by atoms with E-state index in [1.807, 2.05) is 41.3 Å². The lowest BCUT2D eigenvalue weighted by atomic mass is 9.94. The summed E-state index contributed by atoms with van der Waals surface area (Å²) in [6, 6.07) is 20.9. The van der Waals surface area contributed by atoms with Gasteiger partial charge in [-0.2, -0.15) is 5.10 Å². The number of piperazine rings is 1. The van der Waals surface area contributed by atoms with Gasteiger partial charge >= 0.3 is 0 Å². The molecule has 1 fully saturated rings. The van der Waals surface area contributed by atoms with Gasteiger partial charge in [-0.25, -0.2) is 9.40 Å². The van der Waals surface area contributed by atoms with Gasteiger partial charge in [-0.1, -0.05) is 48.0 Å². The lowest BCUT2D eigenvalue weighted by molar-refractivity contribution is -0.134. The fraction of sp³-hybridized carbons (Fsp3) is 0.333. The number of para-hydroxylation sites is 1. The van der Waals surface area contributed by atoms with Crippen molar-refractivity contribution in [3.63, 3.8) is 0 Å². The van der Waals surface area contributed by atoms with E-state index in [0.717, 1.165) is 33.7 Å². The molecule has 37 heavy (non-hydrogen) atoms. The third-order valence-corrected chi connectivity index (χ3v) is 7.29. The molecule has 2 aliphatic rings. The van der Waals surface area contributed by atoms with Crippen molar-refractivity contribution in [2.24, 2.45) is 5.10 Å². The first-order chi connectivity index (χ1) is 17.9. The molecule has 3 aromatic rings. The van der Waals surface area contributed by atoms with Crippen molar-refractivity contribution in [3.05, 3.63) is 94.8 Å². The number of aryl methyl sites for hydroxylation is 2. The van der Waals surface area contributed by atoms with Crippen LogP contribution < -0.4 is 9.64 Å². The molecule has 6 nitrogen and oxygen atoms in total. The fourth-order valence-electron chi connectivity index (χ4n) is 5.20. The molecule has 1 saturated heterocycles. The quantitative estimate of drug-likeness (QED) is 0.481. The highest BCUT2D eigenvalue weighted by Crippen LogP contribution is 2.35. The summed E-state index contributed by atoms with van der Waals surface area (Å²) in [4.78, 5) is 17.9. The lowest BCUT2D eigenvalue weighted by Crippen LogP contribution is -2.49. The van der Waals surface area contributed by atoms with Crippen LogP contribution in [0.4, 0.5) is 10.1 Å². The Morgan fingerprint density at radius 1 is 1.00 bits per heavy atom. The van der Waals surface area contributed by atoms with E-state index in [9.17, 15) is 9.18 Å². The van der Waals surface area contributed by atoms with E-state index < -0.39 is 0 Å². The normalized spacial score (nSPS) is 18.2. The zero-order valence-corrected chi connectivity index (χ0v) is 21.7. The van der Waals surface area contributed by atoms with Gasteiger partial charge in [0.1, 0.15) is 11.6 Å². The molecule has 0 aliphatic carbocycles. The van der Waals surface area contributed by atoms with Crippen molar-refractivity contribution in [2.75, 3.05) is 44.7 Å². The fourth-order valence-corrected chi connectivity index (χ4v) is 5.20. The number of ether oxygens (including phenoxy) is 1. The van der Waals surface area contributed by atoms with Gasteiger partial charge in [-0.05, 0) is 49.2 Å². The van der Waals surface area contributed by atoms with Crippen molar-refractivity contribution in [2.45, 2.75) is 26.3 Å². The van der Waals surface area contributed by atoms with E-state index in [4.69, 9.17) is 9.84 Å². The van der Waals surface area contributed by atoms with Gasteiger partial charge in [0.25, 0.3) is 5.91 Å². The summed E-state index contributed by atoms with van der Waals surface area (Å²) in [7, 11) is 1.65. The molecule has 1 amide bonds. The second-order valence-electron chi connectivity index (χ2n) is 9.81. The molecule has 0 unspecified atom stereocenters. The molecule has 7 heteroatoms. The highest BCUT2D eigenvalue weighted by atomic mass is 19.1. The number of rotatable bonds is 6. The topological polar surface area (TPSA) is 48.4 Å². The number of hydrazone groups is 1. The Morgan fingerprint density at radius 2 is 1.78 bits per heavy atom. The molecule has 3 aromatic carbocycles. The zero-order valence-electron chi connectivity index (χ0n) is 21.7. The van der Waals surface area contributed by atoms with Crippen LogP contribution in [-0.4, -0.2) is 61.4 Å². The number of methoxy groups -OCH3 is 1. The van der Waals surface area contributed by atoms with Crippen LogP contribution in [0.1, 0.15) is 34.7 Å². The summed E-state index contributed by atoms with van der Waals surface area (Å²) in [5.41, 5.74) is 5.89. The average molecular weight is 501 g/mol. The van der Waals surface area contributed by atoms with E-state index in [1.165, 1.54) is 6.07 Å². The first-order valence-electron chi connectivity index (χ1n) is 12.8. The molecule has 2 aliphatic heterocycles. The number of halogens is 1. The number of anilines is 1. The summed E-state index contributed by atoms with van der Waals surface area (Å²) < 4.78 is 19.7. The Hall–Kier alpha value is -3.71. The largest absolute Gasteiger partial charge is 0.497 e. The maximum Gasteiger partial charge on any atom is 0.257 e. The highest BCUT2D eigenvalue weighted by Gasteiger charge is 2.35. The second-order valence-corrected chi connectivity index (χ2v) is 9.81. The van der Waals surface area contributed by atoms with Gasteiger partial charge in [-0.15, -0.1) is 0 Å². The number of carbonyl (C=O) groups excluding carboxylic acids is 1. The molecule has 5 rings (SSSR count). The van der Waals surface area contributed by atoms with E-state index in [2.05, 4.69) is 36.9 Å². The molecule has 1 atom stereocenters. The van der Waals surface area contributed by atoms with E-state index in [1.54, 1.807) is 18.2 Å². The molecular weight excluding hydrogens is 467 g/mol. The Balaban J connectivity index is 1.35. The molecule has 0 aromatic heterocycles. The maximum absolute atomic E-state index is 14.2. The summed E-state index contributed by atoms with van der Waals surface area (Å²) in [5, 5.41) is 6.54. The van der Waals surface area contributed by atoms with Crippen LogP contribution in [0.5, 0.6) is 5.75 Å². The SMILES string of the molecule is COc1cccc(C2=NN(C(=O)CN3CCN(c4ccccc4F)CC3)[C@H](c3cc(C)ccc3C)C2)c1. The maximum atomic E-state index is 14.2. The number of carbonyl (C=O) groups is 1. The Bertz CT molecular complexity index is 1320. The van der Waals surface area contributed by atoms with Crippen molar-refractivity contribution in [1.82, 2.24) is 9.91 Å². The summed E-state index contributed by atoms with van der Waals surface area (Å²) >= 11 is 0. The highest BCUT2D eigenvalue weighted by molar-refractivity contribution is 6.03. The number of benzene rings is 3. The Labute approximate surface area is 217 Å². The van der Waals surface area contributed by atoms with Crippen LogP contribution in [0.3, 0.4) is 0 Å². The van der Waals surface area contributed by atoms with Crippen molar-refractivity contribution in [1.29, 1.82) is 0 Å².